The first kappa shape index (κ1) is 23.1. The van der Waals surface area contributed by atoms with Crippen LogP contribution in [0.5, 0.6) is 5.75 Å². The minimum Gasteiger partial charge on any atom is -0.484 e. The van der Waals surface area contributed by atoms with Crippen LogP contribution in [0.4, 0.5) is 15.8 Å². The molecule has 168 valence electrons. The number of hydrogen-bond donors (Lipinski definition) is 3. The molecule has 3 amide bonds. The van der Waals surface area contributed by atoms with Gasteiger partial charge in [-0.3, -0.25) is 14.4 Å². The Morgan fingerprint density at radius 1 is 0.939 bits per heavy atom. The number of rotatable bonds is 7. The molecule has 0 aliphatic rings. The summed E-state index contributed by atoms with van der Waals surface area (Å²) in [7, 11) is 0. The third kappa shape index (κ3) is 7.28. The molecule has 0 heterocycles. The molecular formula is C24H21FN4O4. The number of hydrazone groups is 1. The molecule has 33 heavy (non-hydrogen) atoms. The third-order valence-electron chi connectivity index (χ3n) is 4.34. The molecule has 3 rings (SSSR count). The summed E-state index contributed by atoms with van der Waals surface area (Å²) in [6.07, 6.45) is 1.32. The van der Waals surface area contributed by atoms with Crippen LogP contribution < -0.4 is 20.8 Å². The second-order valence-corrected chi connectivity index (χ2v) is 6.88. The lowest BCUT2D eigenvalue weighted by atomic mass is 10.2. The van der Waals surface area contributed by atoms with E-state index in [0.29, 0.717) is 17.0 Å². The maximum absolute atomic E-state index is 12.9. The molecule has 0 atom stereocenters. The van der Waals surface area contributed by atoms with Crippen molar-refractivity contribution in [2.45, 2.75) is 6.92 Å². The van der Waals surface area contributed by atoms with E-state index in [4.69, 9.17) is 4.74 Å². The van der Waals surface area contributed by atoms with Gasteiger partial charge in [0, 0.05) is 11.4 Å². The number of carbonyl (C=O) groups is 3. The number of halogens is 1. The summed E-state index contributed by atoms with van der Waals surface area (Å²) < 4.78 is 18.4. The molecule has 0 unspecified atom stereocenters. The second kappa shape index (κ2) is 11.2. The van der Waals surface area contributed by atoms with E-state index >= 15 is 0 Å². The molecule has 0 saturated carbocycles. The predicted octanol–water partition coefficient (Wildman–Crippen LogP) is 3.24. The Kier molecular flexibility index (Phi) is 7.85. The van der Waals surface area contributed by atoms with Crippen LogP contribution in [0.2, 0.25) is 0 Å². The highest BCUT2D eigenvalue weighted by molar-refractivity contribution is 6.39. The lowest BCUT2D eigenvalue weighted by Gasteiger charge is -2.09. The summed E-state index contributed by atoms with van der Waals surface area (Å²) in [5.41, 5.74) is 4.61. The summed E-state index contributed by atoms with van der Waals surface area (Å²) in [5, 5.41) is 8.84. The lowest BCUT2D eigenvalue weighted by Crippen LogP contribution is -2.32. The van der Waals surface area contributed by atoms with Gasteiger partial charge in [0.05, 0.1) is 6.21 Å². The van der Waals surface area contributed by atoms with E-state index in [2.05, 4.69) is 21.2 Å². The molecule has 0 aromatic heterocycles. The average molecular weight is 448 g/mol. The molecule has 0 aliphatic carbocycles. The van der Waals surface area contributed by atoms with E-state index in [0.717, 1.165) is 17.7 Å². The van der Waals surface area contributed by atoms with Crippen LogP contribution in [0.3, 0.4) is 0 Å². The van der Waals surface area contributed by atoms with Crippen LogP contribution in [0.25, 0.3) is 0 Å². The fourth-order valence-corrected chi connectivity index (χ4v) is 2.67. The van der Waals surface area contributed by atoms with Gasteiger partial charge in [0.2, 0.25) is 0 Å². The zero-order chi connectivity index (χ0) is 23.6. The van der Waals surface area contributed by atoms with Crippen molar-refractivity contribution in [2.24, 2.45) is 5.10 Å². The van der Waals surface area contributed by atoms with Crippen molar-refractivity contribution < 1.29 is 23.5 Å². The normalized spacial score (nSPS) is 10.5. The number of nitrogens with one attached hydrogen (secondary N) is 3. The van der Waals surface area contributed by atoms with Gasteiger partial charge < -0.3 is 15.4 Å². The molecule has 0 radical (unpaired) electrons. The van der Waals surface area contributed by atoms with Crippen molar-refractivity contribution in [3.63, 3.8) is 0 Å². The Labute approximate surface area is 189 Å². The Morgan fingerprint density at radius 3 is 2.45 bits per heavy atom. The van der Waals surface area contributed by atoms with Crippen LogP contribution in [-0.2, 0) is 14.4 Å². The molecular weight excluding hydrogens is 427 g/mol. The van der Waals surface area contributed by atoms with Gasteiger partial charge in [0.15, 0.2) is 6.61 Å². The molecule has 9 heteroatoms. The minimum absolute atomic E-state index is 0.185. The fourth-order valence-electron chi connectivity index (χ4n) is 2.67. The molecule has 0 saturated heterocycles. The first-order valence-electron chi connectivity index (χ1n) is 9.89. The van der Waals surface area contributed by atoms with Crippen LogP contribution in [0.1, 0.15) is 11.1 Å². The second-order valence-electron chi connectivity index (χ2n) is 6.88. The quantitative estimate of drug-likeness (QED) is 0.293. The Morgan fingerprint density at radius 2 is 1.70 bits per heavy atom. The number of nitrogens with zero attached hydrogens (tertiary/aromatic N) is 1. The van der Waals surface area contributed by atoms with E-state index < -0.39 is 17.6 Å². The van der Waals surface area contributed by atoms with Crippen molar-refractivity contribution in [1.82, 2.24) is 5.43 Å². The van der Waals surface area contributed by atoms with E-state index in [9.17, 15) is 18.8 Å². The van der Waals surface area contributed by atoms with Gasteiger partial charge in [-0.05, 0) is 60.5 Å². The summed E-state index contributed by atoms with van der Waals surface area (Å²) >= 11 is 0. The number of carbonyl (C=O) groups excluding carboxylic acids is 3. The smallest absolute Gasteiger partial charge is 0.329 e. The molecule has 0 spiro atoms. The van der Waals surface area contributed by atoms with Gasteiger partial charge >= 0.3 is 11.8 Å². The van der Waals surface area contributed by atoms with Crippen LogP contribution in [-0.4, -0.2) is 30.5 Å². The number of benzene rings is 3. The standard InChI is InChI=1S/C24H21FN4O4/c1-16-5-2-3-8-21(16)28-22(30)15-33-20-7-4-6-17(13-20)14-26-29-24(32)23(31)27-19-11-9-18(25)10-12-19/h2-14H,15H2,1H3,(H,27,31)(H,28,30)(H,29,32)/b26-14-. The van der Waals surface area contributed by atoms with E-state index in [-0.39, 0.29) is 18.2 Å². The fraction of sp³-hybridized carbons (Fsp3) is 0.0833. The van der Waals surface area contributed by atoms with Gasteiger partial charge in [-0.25, -0.2) is 9.82 Å². The molecule has 0 fully saturated rings. The van der Waals surface area contributed by atoms with Gasteiger partial charge in [0.25, 0.3) is 5.91 Å². The van der Waals surface area contributed by atoms with Gasteiger partial charge in [0.1, 0.15) is 11.6 Å². The van der Waals surface area contributed by atoms with Crippen molar-refractivity contribution in [3.05, 3.63) is 89.7 Å². The minimum atomic E-state index is -0.990. The van der Waals surface area contributed by atoms with Crippen molar-refractivity contribution >= 4 is 35.3 Å². The molecule has 3 aromatic carbocycles. The number of amides is 3. The van der Waals surface area contributed by atoms with Gasteiger partial charge in [-0.15, -0.1) is 0 Å². The number of anilines is 2. The predicted molar refractivity (Wildman–Crippen MR) is 123 cm³/mol. The highest BCUT2D eigenvalue weighted by Gasteiger charge is 2.12. The van der Waals surface area contributed by atoms with Crippen LogP contribution >= 0.6 is 0 Å². The van der Waals surface area contributed by atoms with E-state index in [1.165, 1.54) is 18.3 Å². The number of ether oxygens (including phenoxy) is 1. The lowest BCUT2D eigenvalue weighted by molar-refractivity contribution is -0.136. The summed E-state index contributed by atoms with van der Waals surface area (Å²) in [6, 6.07) is 19.1. The first-order valence-corrected chi connectivity index (χ1v) is 9.89. The van der Waals surface area contributed by atoms with Crippen LogP contribution in [0.15, 0.2) is 77.9 Å². The Hall–Kier alpha value is -4.53. The zero-order valence-corrected chi connectivity index (χ0v) is 17.7. The summed E-state index contributed by atoms with van der Waals surface area (Å²) in [5.74, 6) is -2.27. The third-order valence-corrected chi connectivity index (χ3v) is 4.34. The summed E-state index contributed by atoms with van der Waals surface area (Å²) in [6.45, 7) is 1.71. The van der Waals surface area contributed by atoms with E-state index in [1.54, 1.807) is 30.3 Å². The molecule has 0 bridgehead atoms. The van der Waals surface area contributed by atoms with Crippen molar-refractivity contribution in [3.8, 4) is 5.75 Å². The average Bonchev–Trinajstić information content (AvgIpc) is 2.81. The molecule has 8 nitrogen and oxygen atoms in total. The Balaban J connectivity index is 1.48. The van der Waals surface area contributed by atoms with Gasteiger partial charge in [-0.1, -0.05) is 30.3 Å². The first-order chi connectivity index (χ1) is 15.9. The van der Waals surface area contributed by atoms with E-state index in [1.807, 2.05) is 25.1 Å². The van der Waals surface area contributed by atoms with Crippen molar-refractivity contribution in [1.29, 1.82) is 0 Å². The Bertz CT molecular complexity index is 1180. The molecule has 0 aliphatic heterocycles. The number of para-hydroxylation sites is 1. The van der Waals surface area contributed by atoms with Crippen molar-refractivity contribution in [2.75, 3.05) is 17.2 Å². The van der Waals surface area contributed by atoms with Crippen LogP contribution in [0, 0.1) is 12.7 Å². The number of hydrogen-bond acceptors (Lipinski definition) is 5. The number of aryl methyl sites for hydroxylation is 1. The SMILES string of the molecule is Cc1ccccc1NC(=O)COc1cccc(/C=N\NC(=O)C(=O)Nc2ccc(F)cc2)c1. The molecule has 3 N–H and O–H groups in total. The topological polar surface area (TPSA) is 109 Å². The highest BCUT2D eigenvalue weighted by atomic mass is 19.1. The summed E-state index contributed by atoms with van der Waals surface area (Å²) in [4.78, 5) is 35.8. The van der Waals surface area contributed by atoms with Gasteiger partial charge in [-0.2, -0.15) is 5.10 Å². The largest absolute Gasteiger partial charge is 0.484 e. The zero-order valence-electron chi connectivity index (χ0n) is 17.7. The maximum atomic E-state index is 12.9. The maximum Gasteiger partial charge on any atom is 0.329 e. The highest BCUT2D eigenvalue weighted by Crippen LogP contribution is 2.14. The molecule has 3 aromatic rings. The monoisotopic (exact) mass is 448 g/mol.